The van der Waals surface area contributed by atoms with Crippen LogP contribution in [0.3, 0.4) is 0 Å². The Bertz CT molecular complexity index is 434. The molecule has 0 aliphatic carbocycles. The molecule has 0 fully saturated rings. The van der Waals surface area contributed by atoms with Gasteiger partial charge in [-0.1, -0.05) is 41.5 Å². The maximum Gasteiger partial charge on any atom is 0.305 e. The lowest BCUT2D eigenvalue weighted by Gasteiger charge is -2.31. The van der Waals surface area contributed by atoms with Crippen LogP contribution in [0.15, 0.2) is 0 Å². The molecule has 0 spiro atoms. The van der Waals surface area contributed by atoms with E-state index in [4.69, 9.17) is 5.11 Å². The van der Waals surface area contributed by atoms with Gasteiger partial charge in [0.25, 0.3) is 0 Å². The molecule has 6 heteroatoms. The van der Waals surface area contributed by atoms with Crippen LogP contribution in [0.2, 0.25) is 0 Å². The Kier molecular flexibility index (Phi) is 4.66. The lowest BCUT2D eigenvalue weighted by molar-refractivity contribution is -0.138. The third kappa shape index (κ3) is 3.75. The standard InChI is InChI=1S/C13H24N4O2/c1-8(2)9(3)12-14-15-16-17(12)10(7-11(18)19)13(4,5)6/h8-10H,7H2,1-6H3,(H,18,19). The van der Waals surface area contributed by atoms with Crippen molar-refractivity contribution in [1.82, 2.24) is 20.2 Å². The number of rotatable bonds is 5. The molecule has 0 bridgehead atoms. The Morgan fingerprint density at radius 2 is 1.89 bits per heavy atom. The number of tetrazole rings is 1. The molecular weight excluding hydrogens is 244 g/mol. The van der Waals surface area contributed by atoms with Crippen molar-refractivity contribution in [3.8, 4) is 0 Å². The zero-order valence-corrected chi connectivity index (χ0v) is 12.6. The zero-order chi connectivity index (χ0) is 14.8. The summed E-state index contributed by atoms with van der Waals surface area (Å²) in [5.41, 5.74) is -0.223. The third-order valence-corrected chi connectivity index (χ3v) is 3.59. The fourth-order valence-corrected chi connectivity index (χ4v) is 1.95. The van der Waals surface area contributed by atoms with Crippen molar-refractivity contribution in [3.63, 3.8) is 0 Å². The maximum absolute atomic E-state index is 11.1. The first-order valence-electron chi connectivity index (χ1n) is 6.64. The minimum Gasteiger partial charge on any atom is -0.481 e. The molecule has 1 aromatic rings. The molecule has 0 amide bonds. The van der Waals surface area contributed by atoms with Crippen molar-refractivity contribution in [3.05, 3.63) is 5.82 Å². The van der Waals surface area contributed by atoms with Crippen molar-refractivity contribution in [2.24, 2.45) is 11.3 Å². The van der Waals surface area contributed by atoms with E-state index in [2.05, 4.69) is 36.3 Å². The number of carboxylic acid groups (broad SMARTS) is 1. The molecule has 0 saturated carbocycles. The first kappa shape index (κ1) is 15.6. The highest BCUT2D eigenvalue weighted by molar-refractivity contribution is 5.67. The predicted octanol–water partition coefficient (Wildman–Crippen LogP) is 2.49. The highest BCUT2D eigenvalue weighted by atomic mass is 16.4. The lowest BCUT2D eigenvalue weighted by Crippen LogP contribution is -2.30. The van der Waals surface area contributed by atoms with Crippen LogP contribution in [0.1, 0.15) is 65.7 Å². The van der Waals surface area contributed by atoms with Crippen LogP contribution in [0.5, 0.6) is 0 Å². The highest BCUT2D eigenvalue weighted by Gasteiger charge is 2.33. The number of aliphatic carboxylic acids is 1. The molecule has 2 unspecified atom stereocenters. The molecule has 1 aromatic heterocycles. The fourth-order valence-electron chi connectivity index (χ4n) is 1.95. The molecule has 1 heterocycles. The molecule has 0 radical (unpaired) electrons. The van der Waals surface area contributed by atoms with Crippen LogP contribution in [0.4, 0.5) is 0 Å². The van der Waals surface area contributed by atoms with Crippen LogP contribution >= 0.6 is 0 Å². The predicted molar refractivity (Wildman–Crippen MR) is 71.8 cm³/mol. The Morgan fingerprint density at radius 3 is 2.32 bits per heavy atom. The van der Waals surface area contributed by atoms with Crippen LogP contribution in [-0.4, -0.2) is 31.3 Å². The molecule has 0 aliphatic rings. The van der Waals surface area contributed by atoms with E-state index < -0.39 is 5.97 Å². The van der Waals surface area contributed by atoms with E-state index in [0.717, 1.165) is 5.82 Å². The minimum absolute atomic E-state index is 0.0202. The Labute approximate surface area is 114 Å². The third-order valence-electron chi connectivity index (χ3n) is 3.59. The van der Waals surface area contributed by atoms with Gasteiger partial charge in [0.1, 0.15) is 0 Å². The van der Waals surface area contributed by atoms with Gasteiger partial charge in [0.05, 0.1) is 12.5 Å². The second-order valence-electron chi connectivity index (χ2n) is 6.49. The number of hydrogen-bond acceptors (Lipinski definition) is 4. The maximum atomic E-state index is 11.1. The van der Waals surface area contributed by atoms with Crippen molar-refractivity contribution in [1.29, 1.82) is 0 Å². The Balaban J connectivity index is 3.17. The number of aromatic nitrogens is 4. The fraction of sp³-hybridized carbons (Fsp3) is 0.846. The minimum atomic E-state index is -0.835. The van der Waals surface area contributed by atoms with Crippen LogP contribution in [0, 0.1) is 11.3 Å². The van der Waals surface area contributed by atoms with E-state index in [0.29, 0.717) is 5.92 Å². The Morgan fingerprint density at radius 1 is 1.32 bits per heavy atom. The van der Waals surface area contributed by atoms with Gasteiger partial charge in [0, 0.05) is 5.92 Å². The second-order valence-corrected chi connectivity index (χ2v) is 6.49. The van der Waals surface area contributed by atoms with E-state index in [1.54, 1.807) is 4.68 Å². The van der Waals surface area contributed by atoms with Crippen LogP contribution in [-0.2, 0) is 4.79 Å². The van der Waals surface area contributed by atoms with Gasteiger partial charge in [-0.15, -0.1) is 5.10 Å². The smallest absolute Gasteiger partial charge is 0.305 e. The summed E-state index contributed by atoms with van der Waals surface area (Å²) in [5.74, 6) is 0.513. The SMILES string of the molecule is CC(C)C(C)c1nnnn1C(CC(=O)O)C(C)(C)C. The van der Waals surface area contributed by atoms with Gasteiger partial charge in [0.2, 0.25) is 0 Å². The number of carbonyl (C=O) groups is 1. The molecule has 0 saturated heterocycles. The molecule has 0 aromatic carbocycles. The van der Waals surface area contributed by atoms with E-state index >= 15 is 0 Å². The Hall–Kier alpha value is -1.46. The van der Waals surface area contributed by atoms with Crippen molar-refractivity contribution < 1.29 is 9.90 Å². The zero-order valence-electron chi connectivity index (χ0n) is 12.6. The van der Waals surface area contributed by atoms with Gasteiger partial charge >= 0.3 is 5.97 Å². The molecular formula is C13H24N4O2. The van der Waals surface area contributed by atoms with E-state index in [1.807, 2.05) is 20.8 Å². The number of carboxylic acids is 1. The van der Waals surface area contributed by atoms with Gasteiger partial charge in [-0.3, -0.25) is 4.79 Å². The summed E-state index contributed by atoms with van der Waals surface area (Å²) in [6, 6.07) is -0.254. The second kappa shape index (κ2) is 5.67. The number of nitrogens with zero attached hydrogens (tertiary/aromatic N) is 4. The summed E-state index contributed by atoms with van der Waals surface area (Å²) in [7, 11) is 0. The molecule has 6 nitrogen and oxygen atoms in total. The van der Waals surface area contributed by atoms with Gasteiger partial charge in [-0.2, -0.15) is 0 Å². The first-order chi connectivity index (χ1) is 8.64. The molecule has 0 aliphatic heterocycles. The quantitative estimate of drug-likeness (QED) is 0.887. The molecule has 108 valence electrons. The largest absolute Gasteiger partial charge is 0.481 e. The first-order valence-corrected chi connectivity index (χ1v) is 6.64. The monoisotopic (exact) mass is 268 g/mol. The van der Waals surface area contributed by atoms with E-state index in [-0.39, 0.29) is 23.8 Å². The summed E-state index contributed by atoms with van der Waals surface area (Å²) in [6.07, 6.45) is 0.0202. The van der Waals surface area contributed by atoms with E-state index in [9.17, 15) is 4.79 Å². The lowest BCUT2D eigenvalue weighted by atomic mass is 9.84. The average molecular weight is 268 g/mol. The van der Waals surface area contributed by atoms with Gasteiger partial charge < -0.3 is 5.11 Å². The van der Waals surface area contributed by atoms with Crippen molar-refractivity contribution >= 4 is 5.97 Å². The van der Waals surface area contributed by atoms with Crippen molar-refractivity contribution in [2.45, 2.75) is 59.9 Å². The van der Waals surface area contributed by atoms with E-state index in [1.165, 1.54) is 0 Å². The summed E-state index contributed by atoms with van der Waals surface area (Å²) in [4.78, 5) is 11.1. The van der Waals surface area contributed by atoms with Gasteiger partial charge in [0.15, 0.2) is 5.82 Å². The summed E-state index contributed by atoms with van der Waals surface area (Å²) < 4.78 is 1.69. The number of hydrogen-bond donors (Lipinski definition) is 1. The van der Waals surface area contributed by atoms with Crippen molar-refractivity contribution in [2.75, 3.05) is 0 Å². The van der Waals surface area contributed by atoms with Gasteiger partial charge in [-0.05, 0) is 21.8 Å². The van der Waals surface area contributed by atoms with Gasteiger partial charge in [-0.25, -0.2) is 4.68 Å². The molecule has 1 rings (SSSR count). The summed E-state index contributed by atoms with van der Waals surface area (Å²) >= 11 is 0. The van der Waals surface area contributed by atoms with Crippen LogP contribution in [0.25, 0.3) is 0 Å². The summed E-state index contributed by atoms with van der Waals surface area (Å²) in [5, 5.41) is 21.0. The molecule has 1 N–H and O–H groups in total. The molecule has 19 heavy (non-hydrogen) atoms. The molecule has 2 atom stereocenters. The topological polar surface area (TPSA) is 80.9 Å². The normalized spacial score (nSPS) is 15.5. The van der Waals surface area contributed by atoms with Crippen LogP contribution < -0.4 is 0 Å². The summed E-state index contributed by atoms with van der Waals surface area (Å²) in [6.45, 7) is 12.3. The average Bonchev–Trinajstić information content (AvgIpc) is 2.71. The highest BCUT2D eigenvalue weighted by Crippen LogP contribution is 2.35.